The van der Waals surface area contributed by atoms with Gasteiger partial charge in [-0.2, -0.15) is 0 Å². The number of morpholine rings is 1. The summed E-state index contributed by atoms with van der Waals surface area (Å²) >= 11 is 0. The smallest absolute Gasteiger partial charge is 0.0627 e. The molecule has 3 rings (SSSR count). The number of likely N-dealkylation sites (tertiary alicyclic amines) is 2. The molecule has 0 radical (unpaired) electrons. The van der Waals surface area contributed by atoms with Crippen molar-refractivity contribution < 1.29 is 4.74 Å². The fraction of sp³-hybridized carbons (Fsp3) is 1.00. The number of piperidine rings is 1. The molecule has 0 N–H and O–H groups in total. The van der Waals surface area contributed by atoms with Crippen molar-refractivity contribution in [3.8, 4) is 0 Å². The van der Waals surface area contributed by atoms with Gasteiger partial charge in [0, 0.05) is 41.3 Å². The van der Waals surface area contributed by atoms with Gasteiger partial charge in [0.25, 0.3) is 0 Å². The second-order valence-corrected chi connectivity index (χ2v) is 19.5. The van der Waals surface area contributed by atoms with Crippen LogP contribution in [0.1, 0.15) is 157 Å². The van der Waals surface area contributed by atoms with Crippen molar-refractivity contribution in [2.75, 3.05) is 32.8 Å². The van der Waals surface area contributed by atoms with Gasteiger partial charge in [-0.3, -0.25) is 14.7 Å². The lowest BCUT2D eigenvalue weighted by molar-refractivity contribution is -0.0856. The summed E-state index contributed by atoms with van der Waals surface area (Å²) in [5, 5.41) is 0. The fourth-order valence-electron chi connectivity index (χ4n) is 7.23. The lowest BCUT2D eigenvalue weighted by atomic mass is 9.78. The lowest BCUT2D eigenvalue weighted by Crippen LogP contribution is -2.58. The maximum atomic E-state index is 5.59. The van der Waals surface area contributed by atoms with E-state index >= 15 is 0 Å². The number of hydrogen-bond acceptors (Lipinski definition) is 4. The topological polar surface area (TPSA) is 19.0 Å². The molecule has 0 saturated carbocycles. The Bertz CT molecular complexity index is 640. The summed E-state index contributed by atoms with van der Waals surface area (Å²) in [6.45, 7) is 47.4. The van der Waals surface area contributed by atoms with Crippen LogP contribution in [0.25, 0.3) is 0 Å². The molecule has 0 aromatic heterocycles. The Balaban J connectivity index is 0.000000308. The highest BCUT2D eigenvalue weighted by atomic mass is 16.5. The number of ether oxygens (including phenoxy) is 1. The summed E-state index contributed by atoms with van der Waals surface area (Å²) in [5.74, 6) is 0. The molecule has 3 heterocycles. The van der Waals surface area contributed by atoms with Crippen molar-refractivity contribution in [2.45, 2.75) is 191 Å². The first kappa shape index (κ1) is 38.9. The monoisotopic (exact) mass is 580 g/mol. The van der Waals surface area contributed by atoms with Crippen LogP contribution in [0, 0.1) is 16.2 Å². The minimum absolute atomic E-state index is 0.252. The zero-order valence-electron chi connectivity index (χ0n) is 31.6. The summed E-state index contributed by atoms with van der Waals surface area (Å²) in [6.07, 6.45) is 6.92. The Hall–Kier alpha value is -0.160. The van der Waals surface area contributed by atoms with Gasteiger partial charge in [0.05, 0.1) is 13.2 Å². The Kier molecular flexibility index (Phi) is 13.6. The highest BCUT2D eigenvalue weighted by Gasteiger charge is 2.40. The second kappa shape index (κ2) is 14.3. The molecule has 3 aliphatic rings. The van der Waals surface area contributed by atoms with Crippen molar-refractivity contribution in [1.29, 1.82) is 0 Å². The van der Waals surface area contributed by atoms with Gasteiger partial charge < -0.3 is 4.74 Å². The third-order valence-electron chi connectivity index (χ3n) is 9.47. The van der Waals surface area contributed by atoms with Crippen molar-refractivity contribution in [1.82, 2.24) is 14.7 Å². The normalized spacial score (nSPS) is 26.6. The van der Waals surface area contributed by atoms with E-state index in [0.717, 1.165) is 31.8 Å². The van der Waals surface area contributed by atoms with Crippen LogP contribution in [-0.4, -0.2) is 82.3 Å². The highest BCUT2D eigenvalue weighted by molar-refractivity contribution is 4.95. The molecule has 0 aliphatic carbocycles. The third kappa shape index (κ3) is 12.4. The minimum atomic E-state index is 0.252. The van der Waals surface area contributed by atoms with Crippen LogP contribution in [0.5, 0.6) is 0 Å². The van der Waals surface area contributed by atoms with Crippen LogP contribution < -0.4 is 0 Å². The molecule has 0 aromatic rings. The van der Waals surface area contributed by atoms with Gasteiger partial charge in [-0.15, -0.1) is 0 Å². The van der Waals surface area contributed by atoms with Gasteiger partial charge in [0.1, 0.15) is 0 Å². The average molecular weight is 580 g/mol. The number of rotatable bonds is 0. The maximum absolute atomic E-state index is 5.59. The van der Waals surface area contributed by atoms with Crippen molar-refractivity contribution in [3.63, 3.8) is 0 Å². The standard InChI is InChI=1S/C13H27N.C12H25NO.C12H25N/c1-12(2,3)11-9-7-8-10-14(11)13(4,5)6;1-11(2,3)10-9-14-8-7-13(10)12(4,5)6;1-11(2,3)10-8-7-9-13(10)12(4,5)6/h11H,7-10H2,1-6H3;10H,7-9H2,1-6H3;10H,7-9H2,1-6H3. The van der Waals surface area contributed by atoms with E-state index in [4.69, 9.17) is 4.74 Å². The summed E-state index contributed by atoms with van der Waals surface area (Å²) in [4.78, 5) is 7.96. The molecule has 0 amide bonds. The molecule has 4 nitrogen and oxygen atoms in total. The molecule has 3 atom stereocenters. The summed E-state index contributed by atoms with van der Waals surface area (Å²) in [5.41, 5.74) is 2.08. The zero-order chi connectivity index (χ0) is 32.2. The van der Waals surface area contributed by atoms with E-state index < -0.39 is 0 Å². The summed E-state index contributed by atoms with van der Waals surface area (Å²) in [6, 6.07) is 2.07. The summed E-state index contributed by atoms with van der Waals surface area (Å²) < 4.78 is 5.59. The van der Waals surface area contributed by atoms with E-state index in [1.165, 1.54) is 45.2 Å². The molecule has 0 bridgehead atoms. The number of hydrogen-bond donors (Lipinski definition) is 0. The fourth-order valence-corrected chi connectivity index (χ4v) is 7.23. The molecule has 3 unspecified atom stereocenters. The molecular formula is C37H77N3O. The molecule has 41 heavy (non-hydrogen) atoms. The van der Waals surface area contributed by atoms with E-state index in [1.807, 2.05) is 0 Å². The quantitative estimate of drug-likeness (QED) is 0.284. The molecule has 0 aromatic carbocycles. The van der Waals surface area contributed by atoms with E-state index in [0.29, 0.717) is 33.4 Å². The highest BCUT2D eigenvalue weighted by Crippen LogP contribution is 2.37. The third-order valence-corrected chi connectivity index (χ3v) is 9.47. The largest absolute Gasteiger partial charge is 0.378 e. The van der Waals surface area contributed by atoms with Gasteiger partial charge in [-0.05, 0) is 117 Å². The zero-order valence-corrected chi connectivity index (χ0v) is 31.6. The van der Waals surface area contributed by atoms with Crippen LogP contribution >= 0.6 is 0 Å². The Labute approximate surface area is 259 Å². The van der Waals surface area contributed by atoms with Crippen LogP contribution in [-0.2, 0) is 4.74 Å². The minimum Gasteiger partial charge on any atom is -0.378 e. The molecule has 3 fully saturated rings. The van der Waals surface area contributed by atoms with Crippen molar-refractivity contribution >= 4 is 0 Å². The van der Waals surface area contributed by atoms with Crippen molar-refractivity contribution in [2.24, 2.45) is 16.2 Å². The van der Waals surface area contributed by atoms with Crippen molar-refractivity contribution in [3.05, 3.63) is 0 Å². The maximum Gasteiger partial charge on any atom is 0.0627 e. The van der Waals surface area contributed by atoms with Crippen LogP contribution in [0.4, 0.5) is 0 Å². The van der Waals surface area contributed by atoms with Gasteiger partial charge in [0.15, 0.2) is 0 Å². The van der Waals surface area contributed by atoms with E-state index in [9.17, 15) is 0 Å². The van der Waals surface area contributed by atoms with Gasteiger partial charge >= 0.3 is 0 Å². The van der Waals surface area contributed by atoms with Crippen LogP contribution in [0.2, 0.25) is 0 Å². The van der Waals surface area contributed by atoms with E-state index in [2.05, 4.69) is 139 Å². The van der Waals surface area contributed by atoms with Gasteiger partial charge in [-0.25, -0.2) is 0 Å². The first-order chi connectivity index (χ1) is 18.2. The predicted molar refractivity (Wildman–Crippen MR) is 183 cm³/mol. The lowest BCUT2D eigenvalue weighted by Gasteiger charge is -2.50. The molecule has 3 saturated heterocycles. The molecule has 0 spiro atoms. The molecular weight excluding hydrogens is 502 g/mol. The van der Waals surface area contributed by atoms with E-state index in [1.54, 1.807) is 0 Å². The Morgan fingerprint density at radius 2 is 0.756 bits per heavy atom. The average Bonchev–Trinajstić information content (AvgIpc) is 3.29. The molecule has 246 valence electrons. The van der Waals surface area contributed by atoms with Gasteiger partial charge in [0.2, 0.25) is 0 Å². The first-order valence-corrected chi connectivity index (χ1v) is 17.1. The Morgan fingerprint density at radius 1 is 0.415 bits per heavy atom. The van der Waals surface area contributed by atoms with Crippen LogP contribution in [0.3, 0.4) is 0 Å². The molecule has 3 aliphatic heterocycles. The summed E-state index contributed by atoms with van der Waals surface area (Å²) in [7, 11) is 0. The van der Waals surface area contributed by atoms with Gasteiger partial charge in [-0.1, -0.05) is 68.7 Å². The SMILES string of the molecule is CC(C)(C)C1CCCCN1C(C)(C)C.CC(C)(C)C1CCCN1C(C)(C)C.CC(C)(C)C1COCCN1C(C)(C)C. The molecule has 4 heteroatoms. The van der Waals surface area contributed by atoms with Crippen LogP contribution in [0.15, 0.2) is 0 Å². The van der Waals surface area contributed by atoms with E-state index in [-0.39, 0.29) is 5.54 Å². The second-order valence-electron chi connectivity index (χ2n) is 19.5. The first-order valence-electron chi connectivity index (χ1n) is 17.1. The predicted octanol–water partition coefficient (Wildman–Crippen LogP) is 9.51. The number of nitrogens with zero attached hydrogens (tertiary/aromatic N) is 3. The Morgan fingerprint density at radius 3 is 1.07 bits per heavy atom.